The van der Waals surface area contributed by atoms with Crippen molar-refractivity contribution in [1.82, 2.24) is 14.3 Å². The summed E-state index contributed by atoms with van der Waals surface area (Å²) in [5, 5.41) is 4.28. The minimum atomic E-state index is 0.670. The Bertz CT molecular complexity index is 601. The van der Waals surface area contributed by atoms with Gasteiger partial charge in [0.25, 0.3) is 0 Å². The average molecular weight is 318 g/mol. The zero-order chi connectivity index (χ0) is 15.2. The Labute approximate surface area is 135 Å². The lowest BCUT2D eigenvalue weighted by molar-refractivity contribution is 0.201. The van der Waals surface area contributed by atoms with E-state index in [2.05, 4.69) is 43.8 Å². The van der Waals surface area contributed by atoms with Crippen LogP contribution >= 0.6 is 11.5 Å². The highest BCUT2D eigenvalue weighted by Gasteiger charge is 2.15. The fourth-order valence-electron chi connectivity index (χ4n) is 2.69. The summed E-state index contributed by atoms with van der Waals surface area (Å²) in [5.41, 5.74) is 2.96. The lowest BCUT2D eigenvalue weighted by Gasteiger charge is -2.28. The van der Waals surface area contributed by atoms with Crippen molar-refractivity contribution in [2.24, 2.45) is 0 Å². The van der Waals surface area contributed by atoms with E-state index in [9.17, 15) is 0 Å². The maximum absolute atomic E-state index is 5.04. The molecule has 0 bridgehead atoms. The van der Waals surface area contributed by atoms with E-state index >= 15 is 0 Å². The molecule has 6 heteroatoms. The molecule has 1 aromatic carbocycles. The minimum absolute atomic E-state index is 0.670. The molecule has 0 unspecified atom stereocenters. The second-order valence-electron chi connectivity index (χ2n) is 5.48. The number of ether oxygens (including phenoxy) is 1. The van der Waals surface area contributed by atoms with E-state index in [1.807, 2.05) is 0 Å². The highest BCUT2D eigenvalue weighted by Crippen LogP contribution is 2.18. The molecule has 1 aliphatic rings. The van der Waals surface area contributed by atoms with Crippen molar-refractivity contribution >= 4 is 16.7 Å². The van der Waals surface area contributed by atoms with E-state index in [-0.39, 0.29) is 0 Å². The van der Waals surface area contributed by atoms with Crippen molar-refractivity contribution in [1.29, 1.82) is 0 Å². The second kappa shape index (κ2) is 7.67. The van der Waals surface area contributed by atoms with Gasteiger partial charge in [-0.25, -0.2) is 4.98 Å². The molecule has 5 nitrogen and oxygen atoms in total. The van der Waals surface area contributed by atoms with E-state index in [1.54, 1.807) is 7.11 Å². The smallest absolute Gasteiger partial charge is 0.202 e. The van der Waals surface area contributed by atoms with Gasteiger partial charge in [0.2, 0.25) is 5.13 Å². The van der Waals surface area contributed by atoms with Gasteiger partial charge in [-0.3, -0.25) is 4.90 Å². The average Bonchev–Trinajstić information content (AvgIpc) is 3.00. The van der Waals surface area contributed by atoms with Crippen LogP contribution in [0, 0.1) is 0 Å². The Morgan fingerprint density at radius 2 is 2.18 bits per heavy atom. The third kappa shape index (κ3) is 4.03. The molecule has 0 saturated heterocycles. The van der Waals surface area contributed by atoms with Crippen LogP contribution in [0.2, 0.25) is 0 Å². The van der Waals surface area contributed by atoms with Crippen molar-refractivity contribution in [3.8, 4) is 0 Å². The Morgan fingerprint density at radius 1 is 1.32 bits per heavy atom. The number of anilines is 1. The van der Waals surface area contributed by atoms with Crippen molar-refractivity contribution < 1.29 is 4.74 Å². The van der Waals surface area contributed by atoms with Gasteiger partial charge in [0.15, 0.2) is 0 Å². The monoisotopic (exact) mass is 318 g/mol. The maximum Gasteiger partial charge on any atom is 0.202 e. The lowest BCUT2D eigenvalue weighted by atomic mass is 10.00. The summed E-state index contributed by atoms with van der Waals surface area (Å²) in [6.45, 7) is 4.78. The first kappa shape index (κ1) is 15.4. The molecule has 0 atom stereocenters. The van der Waals surface area contributed by atoms with E-state index in [1.165, 1.54) is 22.7 Å². The van der Waals surface area contributed by atoms with Gasteiger partial charge in [0.1, 0.15) is 5.82 Å². The summed E-state index contributed by atoms with van der Waals surface area (Å²) >= 11 is 1.43. The molecule has 1 aromatic heterocycles. The van der Waals surface area contributed by atoms with Crippen LogP contribution in [0.25, 0.3) is 0 Å². The molecule has 0 saturated carbocycles. The van der Waals surface area contributed by atoms with Gasteiger partial charge in [-0.15, -0.1) is 0 Å². The van der Waals surface area contributed by atoms with Gasteiger partial charge < -0.3 is 10.1 Å². The molecule has 0 amide bonds. The number of hydrogen-bond acceptors (Lipinski definition) is 6. The van der Waals surface area contributed by atoms with E-state index in [4.69, 9.17) is 4.74 Å². The Morgan fingerprint density at radius 3 is 3.05 bits per heavy atom. The predicted octanol–water partition coefficient (Wildman–Crippen LogP) is 2.20. The molecule has 1 N–H and O–H groups in total. The number of methoxy groups -OCH3 is 1. The normalized spacial score (nSPS) is 14.8. The van der Waals surface area contributed by atoms with Crippen LogP contribution in [0.5, 0.6) is 0 Å². The molecule has 3 rings (SSSR count). The molecule has 0 radical (unpaired) electrons. The van der Waals surface area contributed by atoms with Crippen molar-refractivity contribution in [2.45, 2.75) is 19.4 Å². The summed E-state index contributed by atoms with van der Waals surface area (Å²) in [4.78, 5) is 6.95. The molecule has 118 valence electrons. The van der Waals surface area contributed by atoms with E-state index in [0.717, 1.165) is 50.0 Å². The molecule has 0 fully saturated rings. The zero-order valence-corrected chi connectivity index (χ0v) is 13.7. The van der Waals surface area contributed by atoms with Crippen LogP contribution in [-0.2, 0) is 24.1 Å². The third-order valence-corrected chi connectivity index (χ3v) is 4.62. The molecule has 0 aliphatic carbocycles. The largest absolute Gasteiger partial charge is 0.384 e. The molecule has 0 spiro atoms. The zero-order valence-electron chi connectivity index (χ0n) is 12.9. The number of benzene rings is 1. The first-order valence-electron chi connectivity index (χ1n) is 7.69. The predicted molar refractivity (Wildman–Crippen MR) is 89.4 cm³/mol. The standard InChI is InChI=1S/C16H22N4OS/c1-21-11-7-15-18-16(22-19-15)17-8-10-20-9-6-13-4-2-3-5-14(13)12-20/h2-5H,6-12H2,1H3,(H,17,18,19). The van der Waals surface area contributed by atoms with Gasteiger partial charge in [-0.2, -0.15) is 4.37 Å². The summed E-state index contributed by atoms with van der Waals surface area (Å²) < 4.78 is 9.37. The highest BCUT2D eigenvalue weighted by atomic mass is 32.1. The van der Waals surface area contributed by atoms with Gasteiger partial charge in [-0.05, 0) is 17.5 Å². The molecular weight excluding hydrogens is 296 g/mol. The van der Waals surface area contributed by atoms with Gasteiger partial charge in [-0.1, -0.05) is 24.3 Å². The molecule has 2 aromatic rings. The first-order valence-corrected chi connectivity index (χ1v) is 8.47. The number of nitrogens with one attached hydrogen (secondary N) is 1. The first-order chi connectivity index (χ1) is 10.8. The van der Waals surface area contributed by atoms with Crippen LogP contribution in [0.1, 0.15) is 17.0 Å². The van der Waals surface area contributed by atoms with E-state index < -0.39 is 0 Å². The lowest BCUT2D eigenvalue weighted by Crippen LogP contribution is -2.34. The van der Waals surface area contributed by atoms with Crippen LogP contribution in [0.15, 0.2) is 24.3 Å². The Balaban J connectivity index is 1.43. The van der Waals surface area contributed by atoms with Crippen LogP contribution < -0.4 is 5.32 Å². The molecule has 22 heavy (non-hydrogen) atoms. The molecule has 2 heterocycles. The topological polar surface area (TPSA) is 50.3 Å². The van der Waals surface area contributed by atoms with Crippen LogP contribution in [-0.4, -0.2) is 47.6 Å². The minimum Gasteiger partial charge on any atom is -0.384 e. The maximum atomic E-state index is 5.04. The van der Waals surface area contributed by atoms with Gasteiger partial charge in [0.05, 0.1) is 6.61 Å². The van der Waals surface area contributed by atoms with Crippen LogP contribution in [0.4, 0.5) is 5.13 Å². The second-order valence-corrected chi connectivity index (χ2v) is 6.23. The number of nitrogens with zero attached hydrogens (tertiary/aromatic N) is 3. The van der Waals surface area contributed by atoms with Crippen LogP contribution in [0.3, 0.4) is 0 Å². The Kier molecular flexibility index (Phi) is 5.37. The summed E-state index contributed by atoms with van der Waals surface area (Å²) in [6.07, 6.45) is 1.92. The van der Waals surface area contributed by atoms with Gasteiger partial charge in [0, 0.05) is 51.2 Å². The van der Waals surface area contributed by atoms with Crippen molar-refractivity contribution in [2.75, 3.05) is 38.7 Å². The quantitative estimate of drug-likeness (QED) is 0.848. The summed E-state index contributed by atoms with van der Waals surface area (Å²) in [5.74, 6) is 0.862. The fraction of sp³-hybridized carbons (Fsp3) is 0.500. The number of fused-ring (bicyclic) bond motifs is 1. The summed E-state index contributed by atoms with van der Waals surface area (Å²) in [6, 6.07) is 8.74. The SMILES string of the molecule is COCCc1nsc(NCCN2CCc3ccccc3C2)n1. The summed E-state index contributed by atoms with van der Waals surface area (Å²) in [7, 11) is 1.70. The third-order valence-electron chi connectivity index (χ3n) is 3.91. The number of hydrogen-bond donors (Lipinski definition) is 1. The van der Waals surface area contributed by atoms with E-state index in [0.29, 0.717) is 6.61 Å². The van der Waals surface area contributed by atoms with Crippen molar-refractivity contribution in [3.63, 3.8) is 0 Å². The van der Waals surface area contributed by atoms with Gasteiger partial charge >= 0.3 is 0 Å². The highest BCUT2D eigenvalue weighted by molar-refractivity contribution is 7.09. The number of aromatic nitrogens is 2. The molecule has 1 aliphatic heterocycles. The fourth-order valence-corrected chi connectivity index (χ4v) is 3.32. The molecular formula is C16H22N4OS. The Hall–Kier alpha value is -1.50. The van der Waals surface area contributed by atoms with Crippen molar-refractivity contribution in [3.05, 3.63) is 41.2 Å². The number of rotatable bonds is 7.